The van der Waals surface area contributed by atoms with Crippen LogP contribution in [-0.4, -0.2) is 66.7 Å². The number of hydrogen-bond donors (Lipinski definition) is 0. The fraction of sp³-hybridized carbons (Fsp3) is 0.706. The number of rotatable bonds is 5. The Morgan fingerprint density at radius 1 is 1.46 bits per heavy atom. The molecule has 1 aromatic rings. The van der Waals surface area contributed by atoms with E-state index < -0.39 is 10.0 Å². The number of piperidine rings is 1. The first-order valence-electron chi connectivity index (χ1n) is 8.66. The maximum absolute atomic E-state index is 12.2. The van der Waals surface area contributed by atoms with E-state index in [0.717, 1.165) is 31.5 Å². The third-order valence-corrected chi connectivity index (χ3v) is 7.04. The van der Waals surface area contributed by atoms with Gasteiger partial charge in [-0.15, -0.1) is 0 Å². The van der Waals surface area contributed by atoms with E-state index in [1.54, 1.807) is 11.2 Å². The largest absolute Gasteiger partial charge is 0.372 e. The van der Waals surface area contributed by atoms with Gasteiger partial charge in [-0.1, -0.05) is 6.07 Å². The molecule has 6 nitrogen and oxygen atoms in total. The minimum atomic E-state index is -3.14. The highest BCUT2D eigenvalue weighted by molar-refractivity contribution is 7.89. The second-order valence-corrected chi connectivity index (χ2v) is 9.18. The van der Waals surface area contributed by atoms with Gasteiger partial charge in [0.15, 0.2) is 0 Å². The van der Waals surface area contributed by atoms with E-state index in [1.807, 2.05) is 24.4 Å². The van der Waals surface area contributed by atoms with Crippen molar-refractivity contribution >= 4 is 10.0 Å². The van der Waals surface area contributed by atoms with Gasteiger partial charge in [0, 0.05) is 31.9 Å². The maximum atomic E-state index is 12.2. The topological polar surface area (TPSA) is 62.7 Å². The number of sulfonamides is 1. The molecule has 0 radical (unpaired) electrons. The molecule has 0 N–H and O–H groups in total. The maximum Gasteiger partial charge on any atom is 0.213 e. The molecule has 3 rings (SSSR count). The number of pyridine rings is 1. The van der Waals surface area contributed by atoms with E-state index in [-0.39, 0.29) is 11.4 Å². The Morgan fingerprint density at radius 2 is 2.29 bits per heavy atom. The van der Waals surface area contributed by atoms with E-state index in [4.69, 9.17) is 4.74 Å². The molecule has 2 aliphatic rings. The van der Waals surface area contributed by atoms with Crippen molar-refractivity contribution in [2.24, 2.45) is 0 Å². The number of nitrogens with zero attached hydrogens (tertiary/aromatic N) is 3. The summed E-state index contributed by atoms with van der Waals surface area (Å²) in [7, 11) is -1.05. The lowest BCUT2D eigenvalue weighted by Gasteiger charge is -2.39. The van der Waals surface area contributed by atoms with Gasteiger partial charge in [0.1, 0.15) is 0 Å². The molecule has 0 aromatic carbocycles. The summed E-state index contributed by atoms with van der Waals surface area (Å²) in [6, 6.07) is 6.24. The van der Waals surface area contributed by atoms with Crippen molar-refractivity contribution in [2.75, 3.05) is 32.5 Å². The normalized spacial score (nSPS) is 28.7. The molecule has 2 aliphatic heterocycles. The van der Waals surface area contributed by atoms with Crippen molar-refractivity contribution in [1.82, 2.24) is 14.2 Å². The van der Waals surface area contributed by atoms with Crippen LogP contribution in [0.1, 0.15) is 31.9 Å². The smallest absolute Gasteiger partial charge is 0.213 e. The summed E-state index contributed by atoms with van der Waals surface area (Å²) in [5.41, 5.74) is 0.726. The van der Waals surface area contributed by atoms with Gasteiger partial charge in [-0.05, 0) is 45.4 Å². The second kappa shape index (κ2) is 7.07. The van der Waals surface area contributed by atoms with Gasteiger partial charge in [0.2, 0.25) is 10.0 Å². The summed E-state index contributed by atoms with van der Waals surface area (Å²) in [4.78, 5) is 6.65. The minimum Gasteiger partial charge on any atom is -0.372 e. The lowest BCUT2D eigenvalue weighted by atomic mass is 9.89. The monoisotopic (exact) mass is 353 g/mol. The molecule has 7 heteroatoms. The molecular weight excluding hydrogens is 326 g/mol. The molecule has 0 amide bonds. The standard InChI is InChI=1S/C17H27N3O3S/c1-3-24(21,22)20-10-6-8-17(14-20)11-16(13-23-17)19(2)12-15-7-4-5-9-18-15/h4-5,7,9,16H,3,6,8,10-14H2,1-2H3. The molecule has 1 spiro atoms. The predicted octanol–water partition coefficient (Wildman–Crippen LogP) is 1.49. The molecule has 2 unspecified atom stereocenters. The van der Waals surface area contributed by atoms with Crippen LogP contribution >= 0.6 is 0 Å². The average molecular weight is 353 g/mol. The van der Waals surface area contributed by atoms with Crippen molar-refractivity contribution < 1.29 is 13.2 Å². The SMILES string of the molecule is CCS(=O)(=O)N1CCCC2(CC(N(C)Cc3ccccn3)CO2)C1. The number of aromatic nitrogens is 1. The molecule has 2 fully saturated rings. The van der Waals surface area contributed by atoms with Gasteiger partial charge < -0.3 is 4.74 Å². The van der Waals surface area contributed by atoms with Crippen LogP contribution in [0.3, 0.4) is 0 Å². The third kappa shape index (κ3) is 3.79. The first-order chi connectivity index (χ1) is 11.4. The van der Waals surface area contributed by atoms with Crippen molar-refractivity contribution in [3.63, 3.8) is 0 Å². The Morgan fingerprint density at radius 3 is 3.00 bits per heavy atom. The number of likely N-dealkylation sites (N-methyl/N-ethyl adjacent to an activating group) is 1. The zero-order valence-electron chi connectivity index (χ0n) is 14.5. The molecule has 3 heterocycles. The lowest BCUT2D eigenvalue weighted by Crippen LogP contribution is -2.50. The molecule has 1 aromatic heterocycles. The Hall–Kier alpha value is -1.02. The molecule has 0 saturated carbocycles. The van der Waals surface area contributed by atoms with Crippen LogP contribution in [0.5, 0.6) is 0 Å². The molecule has 2 atom stereocenters. The molecular formula is C17H27N3O3S. The van der Waals surface area contributed by atoms with E-state index in [0.29, 0.717) is 25.7 Å². The molecule has 24 heavy (non-hydrogen) atoms. The van der Waals surface area contributed by atoms with Crippen LogP contribution in [-0.2, 0) is 21.3 Å². The molecule has 0 bridgehead atoms. The minimum absolute atomic E-state index is 0.159. The van der Waals surface area contributed by atoms with Crippen molar-refractivity contribution in [1.29, 1.82) is 0 Å². The Labute approximate surface area is 144 Å². The van der Waals surface area contributed by atoms with Crippen LogP contribution in [0, 0.1) is 0 Å². The Kier molecular flexibility index (Phi) is 5.24. The zero-order chi connectivity index (χ0) is 17.2. The summed E-state index contributed by atoms with van der Waals surface area (Å²) >= 11 is 0. The van der Waals surface area contributed by atoms with E-state index >= 15 is 0 Å². The number of hydrogen-bond acceptors (Lipinski definition) is 5. The van der Waals surface area contributed by atoms with Crippen molar-refractivity contribution in [3.8, 4) is 0 Å². The van der Waals surface area contributed by atoms with Gasteiger partial charge in [-0.3, -0.25) is 9.88 Å². The van der Waals surface area contributed by atoms with Crippen molar-refractivity contribution in [3.05, 3.63) is 30.1 Å². The summed E-state index contributed by atoms with van der Waals surface area (Å²) in [5.74, 6) is 0.159. The summed E-state index contributed by atoms with van der Waals surface area (Å²) in [5, 5.41) is 0. The lowest BCUT2D eigenvalue weighted by molar-refractivity contribution is -0.0335. The van der Waals surface area contributed by atoms with Crippen LogP contribution in [0.2, 0.25) is 0 Å². The average Bonchev–Trinajstić information content (AvgIpc) is 2.99. The molecule has 0 aliphatic carbocycles. The molecule has 2 saturated heterocycles. The highest BCUT2D eigenvalue weighted by Crippen LogP contribution is 2.37. The quantitative estimate of drug-likeness (QED) is 0.802. The van der Waals surface area contributed by atoms with Crippen LogP contribution in [0.25, 0.3) is 0 Å². The summed E-state index contributed by atoms with van der Waals surface area (Å²) < 4.78 is 32.2. The van der Waals surface area contributed by atoms with Gasteiger partial charge in [-0.25, -0.2) is 8.42 Å². The van der Waals surface area contributed by atoms with Gasteiger partial charge in [0.25, 0.3) is 0 Å². The fourth-order valence-electron chi connectivity index (χ4n) is 3.74. The van der Waals surface area contributed by atoms with E-state index in [1.165, 1.54) is 0 Å². The Balaban J connectivity index is 1.63. The predicted molar refractivity (Wildman–Crippen MR) is 93.1 cm³/mol. The fourth-order valence-corrected chi connectivity index (χ4v) is 4.95. The summed E-state index contributed by atoms with van der Waals surface area (Å²) in [6.45, 7) is 4.26. The second-order valence-electron chi connectivity index (χ2n) is 6.93. The Bertz CT molecular complexity index is 652. The van der Waals surface area contributed by atoms with Crippen LogP contribution < -0.4 is 0 Å². The highest BCUT2D eigenvalue weighted by atomic mass is 32.2. The summed E-state index contributed by atoms with van der Waals surface area (Å²) in [6.07, 6.45) is 4.50. The third-order valence-electron chi connectivity index (χ3n) is 5.21. The zero-order valence-corrected chi connectivity index (χ0v) is 15.3. The van der Waals surface area contributed by atoms with E-state index in [9.17, 15) is 8.42 Å². The van der Waals surface area contributed by atoms with Gasteiger partial charge in [-0.2, -0.15) is 4.31 Å². The molecule has 134 valence electrons. The van der Waals surface area contributed by atoms with Crippen LogP contribution in [0.15, 0.2) is 24.4 Å². The van der Waals surface area contributed by atoms with Gasteiger partial charge >= 0.3 is 0 Å². The number of ether oxygens (including phenoxy) is 1. The highest BCUT2D eigenvalue weighted by Gasteiger charge is 2.46. The van der Waals surface area contributed by atoms with Crippen LogP contribution in [0.4, 0.5) is 0 Å². The first-order valence-corrected chi connectivity index (χ1v) is 10.3. The first kappa shape index (κ1) is 17.8. The van der Waals surface area contributed by atoms with Gasteiger partial charge in [0.05, 0.1) is 23.7 Å². The van der Waals surface area contributed by atoms with E-state index in [2.05, 4.69) is 16.9 Å². The van der Waals surface area contributed by atoms with Crippen molar-refractivity contribution in [2.45, 2.75) is 44.4 Å².